The lowest BCUT2D eigenvalue weighted by Gasteiger charge is -2.20. The highest BCUT2D eigenvalue weighted by atomic mass is 79.9. The Labute approximate surface area is 94.2 Å². The second-order valence-electron chi connectivity index (χ2n) is 3.26. The molecule has 0 aliphatic rings. The number of halogens is 4. The van der Waals surface area contributed by atoms with Crippen molar-refractivity contribution in [3.63, 3.8) is 0 Å². The van der Waals surface area contributed by atoms with Gasteiger partial charge in [0.25, 0.3) is 0 Å². The molecule has 0 fully saturated rings. The molecule has 0 atom stereocenters. The lowest BCUT2D eigenvalue weighted by Crippen LogP contribution is -2.31. The third-order valence-electron chi connectivity index (χ3n) is 1.84. The van der Waals surface area contributed by atoms with Gasteiger partial charge in [0, 0.05) is 17.7 Å². The Bertz CT molecular complexity index is 352. The highest BCUT2D eigenvalue weighted by Gasteiger charge is 2.29. The fraction of sp³-hybridized carbons (Fsp3) is 0.444. The van der Waals surface area contributed by atoms with E-state index in [-0.39, 0.29) is 0 Å². The number of anilines is 1. The first-order valence-corrected chi connectivity index (χ1v) is 4.99. The summed E-state index contributed by atoms with van der Waals surface area (Å²) in [6.07, 6.45) is -2.71. The summed E-state index contributed by atoms with van der Waals surface area (Å²) in [7, 11) is 1.36. The first-order valence-electron chi connectivity index (χ1n) is 4.19. The van der Waals surface area contributed by atoms with Crippen molar-refractivity contribution >= 4 is 21.7 Å². The largest absolute Gasteiger partial charge is 0.405 e. The molecule has 0 bridgehead atoms. The molecule has 0 aromatic carbocycles. The van der Waals surface area contributed by atoms with Crippen LogP contribution in [-0.2, 0) is 0 Å². The molecule has 2 nitrogen and oxygen atoms in total. The van der Waals surface area contributed by atoms with Crippen LogP contribution in [0.25, 0.3) is 0 Å². The molecular formula is C9H10BrF3N2. The van der Waals surface area contributed by atoms with Crippen LogP contribution in [-0.4, -0.2) is 24.8 Å². The van der Waals surface area contributed by atoms with Crippen LogP contribution in [0, 0.1) is 6.92 Å². The Kier molecular flexibility index (Phi) is 3.59. The number of alkyl halides is 3. The number of nitrogens with zero attached hydrogens (tertiary/aromatic N) is 2. The van der Waals surface area contributed by atoms with Crippen molar-refractivity contribution in [1.29, 1.82) is 0 Å². The molecule has 0 aliphatic heterocycles. The van der Waals surface area contributed by atoms with Crippen LogP contribution in [0.2, 0.25) is 0 Å². The lowest BCUT2D eigenvalue weighted by atomic mass is 10.3. The number of rotatable bonds is 2. The van der Waals surface area contributed by atoms with Crippen molar-refractivity contribution in [2.75, 3.05) is 18.5 Å². The van der Waals surface area contributed by atoms with Crippen molar-refractivity contribution in [3.8, 4) is 0 Å². The number of aromatic nitrogens is 1. The number of hydrogen-bond donors (Lipinski definition) is 0. The summed E-state index contributed by atoms with van der Waals surface area (Å²) in [5.74, 6) is 0.313. The summed E-state index contributed by atoms with van der Waals surface area (Å²) < 4.78 is 37.1. The van der Waals surface area contributed by atoms with Gasteiger partial charge in [0.1, 0.15) is 12.4 Å². The predicted octanol–water partition coefficient (Wildman–Crippen LogP) is 3.15. The third kappa shape index (κ3) is 3.70. The van der Waals surface area contributed by atoms with Gasteiger partial charge in [0.2, 0.25) is 0 Å². The van der Waals surface area contributed by atoms with E-state index in [1.165, 1.54) is 13.2 Å². The van der Waals surface area contributed by atoms with Gasteiger partial charge in [0.15, 0.2) is 0 Å². The number of hydrogen-bond acceptors (Lipinski definition) is 2. The molecule has 1 rings (SSSR count). The van der Waals surface area contributed by atoms with E-state index in [0.717, 1.165) is 14.9 Å². The Hall–Kier alpha value is -0.780. The van der Waals surface area contributed by atoms with Crippen LogP contribution in [0.4, 0.5) is 19.0 Å². The molecule has 84 valence electrons. The monoisotopic (exact) mass is 282 g/mol. The van der Waals surface area contributed by atoms with Gasteiger partial charge in [-0.25, -0.2) is 4.98 Å². The molecule has 6 heteroatoms. The second-order valence-corrected chi connectivity index (χ2v) is 4.12. The average Bonchev–Trinajstić information content (AvgIpc) is 2.06. The van der Waals surface area contributed by atoms with Crippen LogP contribution < -0.4 is 4.90 Å². The van der Waals surface area contributed by atoms with Crippen molar-refractivity contribution in [1.82, 2.24) is 4.98 Å². The third-order valence-corrected chi connectivity index (χ3v) is 2.67. The maximum Gasteiger partial charge on any atom is 0.405 e. The molecule has 0 radical (unpaired) electrons. The fourth-order valence-electron chi connectivity index (χ4n) is 1.08. The molecule has 0 N–H and O–H groups in total. The molecule has 1 heterocycles. The van der Waals surface area contributed by atoms with E-state index < -0.39 is 12.7 Å². The SMILES string of the molecule is Cc1cc(N(C)CC(F)(F)F)ncc1Br. The van der Waals surface area contributed by atoms with E-state index in [1.54, 1.807) is 13.0 Å². The highest BCUT2D eigenvalue weighted by molar-refractivity contribution is 9.10. The van der Waals surface area contributed by atoms with Crippen molar-refractivity contribution in [2.45, 2.75) is 13.1 Å². The summed E-state index contributed by atoms with van der Waals surface area (Å²) >= 11 is 3.24. The molecular weight excluding hydrogens is 273 g/mol. The minimum atomic E-state index is -4.21. The highest BCUT2D eigenvalue weighted by Crippen LogP contribution is 2.22. The Morgan fingerprint density at radius 2 is 2.07 bits per heavy atom. The quantitative estimate of drug-likeness (QED) is 0.828. The summed E-state index contributed by atoms with van der Waals surface area (Å²) in [5, 5.41) is 0. The Morgan fingerprint density at radius 1 is 1.47 bits per heavy atom. The minimum absolute atomic E-state index is 0.313. The predicted molar refractivity (Wildman–Crippen MR) is 56.0 cm³/mol. The smallest absolute Gasteiger partial charge is 0.351 e. The topological polar surface area (TPSA) is 16.1 Å². The molecule has 0 saturated heterocycles. The van der Waals surface area contributed by atoms with Crippen LogP contribution in [0.5, 0.6) is 0 Å². The summed E-state index contributed by atoms with van der Waals surface area (Å²) in [6.45, 7) is 0.803. The molecule has 0 spiro atoms. The zero-order valence-electron chi connectivity index (χ0n) is 8.27. The maximum atomic E-state index is 12.1. The van der Waals surface area contributed by atoms with Gasteiger partial charge >= 0.3 is 6.18 Å². The maximum absolute atomic E-state index is 12.1. The fourth-order valence-corrected chi connectivity index (χ4v) is 1.30. The van der Waals surface area contributed by atoms with E-state index >= 15 is 0 Å². The molecule has 0 unspecified atom stereocenters. The van der Waals surface area contributed by atoms with Crippen molar-refractivity contribution < 1.29 is 13.2 Å². The molecule has 0 saturated carbocycles. The summed E-state index contributed by atoms with van der Waals surface area (Å²) in [4.78, 5) is 4.97. The van der Waals surface area contributed by atoms with E-state index in [0.29, 0.717) is 5.82 Å². The van der Waals surface area contributed by atoms with E-state index in [4.69, 9.17) is 0 Å². The van der Waals surface area contributed by atoms with Crippen molar-refractivity contribution in [3.05, 3.63) is 22.3 Å². The molecule has 0 aliphatic carbocycles. The zero-order valence-corrected chi connectivity index (χ0v) is 9.85. The normalized spacial score (nSPS) is 11.6. The van der Waals surface area contributed by atoms with E-state index in [1.807, 2.05) is 0 Å². The number of aryl methyl sites for hydroxylation is 1. The van der Waals surface area contributed by atoms with E-state index in [2.05, 4.69) is 20.9 Å². The first-order chi connectivity index (χ1) is 6.79. The second kappa shape index (κ2) is 4.38. The van der Waals surface area contributed by atoms with Gasteiger partial charge in [-0.3, -0.25) is 0 Å². The Balaban J connectivity index is 2.83. The van der Waals surface area contributed by atoms with Gasteiger partial charge in [-0.2, -0.15) is 13.2 Å². The molecule has 15 heavy (non-hydrogen) atoms. The van der Waals surface area contributed by atoms with Gasteiger partial charge in [-0.1, -0.05) is 0 Å². The minimum Gasteiger partial charge on any atom is -0.351 e. The summed E-state index contributed by atoms with van der Waals surface area (Å²) in [5.41, 5.74) is 0.856. The molecule has 0 amide bonds. The van der Waals surface area contributed by atoms with Crippen LogP contribution >= 0.6 is 15.9 Å². The molecule has 1 aromatic heterocycles. The lowest BCUT2D eigenvalue weighted by molar-refractivity contribution is -0.119. The van der Waals surface area contributed by atoms with Gasteiger partial charge in [0.05, 0.1) is 0 Å². The van der Waals surface area contributed by atoms with Crippen LogP contribution in [0.15, 0.2) is 16.7 Å². The van der Waals surface area contributed by atoms with Gasteiger partial charge in [-0.05, 0) is 34.5 Å². The zero-order chi connectivity index (χ0) is 11.6. The van der Waals surface area contributed by atoms with Crippen LogP contribution in [0.1, 0.15) is 5.56 Å². The van der Waals surface area contributed by atoms with E-state index in [9.17, 15) is 13.2 Å². The summed E-state index contributed by atoms with van der Waals surface area (Å²) in [6, 6.07) is 1.61. The van der Waals surface area contributed by atoms with Gasteiger partial charge in [-0.15, -0.1) is 0 Å². The molecule has 1 aromatic rings. The average molecular weight is 283 g/mol. The van der Waals surface area contributed by atoms with Crippen LogP contribution in [0.3, 0.4) is 0 Å². The Morgan fingerprint density at radius 3 is 2.53 bits per heavy atom. The standard InChI is InChI=1S/C9H10BrF3N2/c1-6-3-8(14-4-7(6)10)15(2)5-9(11,12)13/h3-4H,5H2,1-2H3. The van der Waals surface area contributed by atoms with Crippen molar-refractivity contribution in [2.24, 2.45) is 0 Å². The first kappa shape index (κ1) is 12.3. The number of pyridine rings is 1. The van der Waals surface area contributed by atoms with Gasteiger partial charge < -0.3 is 4.90 Å².